The van der Waals surface area contributed by atoms with Gasteiger partial charge in [0.1, 0.15) is 11.9 Å². The molecule has 7 nitrogen and oxygen atoms in total. The number of ether oxygens (including phenoxy) is 3. The molecule has 0 heterocycles. The maximum absolute atomic E-state index is 13.8. The lowest BCUT2D eigenvalue weighted by Gasteiger charge is -2.32. The van der Waals surface area contributed by atoms with Gasteiger partial charge in [-0.25, -0.2) is 4.39 Å². The number of amides is 2. The lowest BCUT2D eigenvalue weighted by atomic mass is 10.0. The first-order valence-corrected chi connectivity index (χ1v) is 12.5. The third-order valence-electron chi connectivity index (χ3n) is 6.17. The summed E-state index contributed by atoms with van der Waals surface area (Å²) in [5.74, 6) is 0.208. The van der Waals surface area contributed by atoms with Gasteiger partial charge in [0.2, 0.25) is 11.8 Å². The van der Waals surface area contributed by atoms with Crippen LogP contribution in [0, 0.1) is 5.82 Å². The van der Waals surface area contributed by atoms with Crippen molar-refractivity contribution in [2.45, 2.75) is 31.8 Å². The fraction of sp³-hybridized carbons (Fsp3) is 0.333. The Morgan fingerprint density at radius 3 is 2.21 bits per heavy atom. The van der Waals surface area contributed by atoms with Gasteiger partial charge in [0, 0.05) is 33.2 Å². The minimum absolute atomic E-state index is 0.0454. The Balaban J connectivity index is 1.93. The van der Waals surface area contributed by atoms with Crippen molar-refractivity contribution in [3.63, 3.8) is 0 Å². The summed E-state index contributed by atoms with van der Waals surface area (Å²) in [5.41, 5.74) is 2.36. The molecule has 0 spiro atoms. The second-order valence-electron chi connectivity index (χ2n) is 8.86. The van der Waals surface area contributed by atoms with Crippen LogP contribution in [-0.2, 0) is 33.7 Å². The molecule has 0 aliphatic carbocycles. The first-order chi connectivity index (χ1) is 18.4. The van der Waals surface area contributed by atoms with Crippen LogP contribution >= 0.6 is 0 Å². The van der Waals surface area contributed by atoms with E-state index in [2.05, 4.69) is 5.32 Å². The molecule has 1 atom stereocenters. The number of carbonyl (C=O) groups is 2. The van der Waals surface area contributed by atoms with Crippen LogP contribution in [0.5, 0.6) is 11.5 Å². The van der Waals surface area contributed by atoms with Gasteiger partial charge in [0.05, 0.1) is 20.6 Å². The smallest absolute Gasteiger partial charge is 0.243 e. The predicted octanol–water partition coefficient (Wildman–Crippen LogP) is 4.18. The fourth-order valence-corrected chi connectivity index (χ4v) is 4.15. The normalized spacial score (nSPS) is 11.5. The number of halogens is 1. The Labute approximate surface area is 223 Å². The molecule has 0 aliphatic heterocycles. The minimum Gasteiger partial charge on any atom is -0.493 e. The van der Waals surface area contributed by atoms with E-state index in [1.807, 2.05) is 30.3 Å². The Kier molecular flexibility index (Phi) is 11.1. The Morgan fingerprint density at radius 2 is 1.55 bits per heavy atom. The zero-order chi connectivity index (χ0) is 27.3. The summed E-state index contributed by atoms with van der Waals surface area (Å²) in [6.07, 6.45) is 1.03. The molecule has 0 bridgehead atoms. The third kappa shape index (κ3) is 8.31. The lowest BCUT2D eigenvalue weighted by molar-refractivity contribution is -0.140. The van der Waals surface area contributed by atoms with Crippen molar-refractivity contribution in [1.82, 2.24) is 10.2 Å². The van der Waals surface area contributed by atoms with Crippen molar-refractivity contribution in [3.8, 4) is 11.5 Å². The Hall–Kier alpha value is -3.91. The first kappa shape index (κ1) is 28.7. The topological polar surface area (TPSA) is 77.1 Å². The second kappa shape index (κ2) is 14.7. The number of hydrogen-bond acceptors (Lipinski definition) is 5. The summed E-state index contributed by atoms with van der Waals surface area (Å²) in [6, 6.07) is 20.0. The van der Waals surface area contributed by atoms with Crippen molar-refractivity contribution < 1.29 is 28.2 Å². The van der Waals surface area contributed by atoms with Crippen molar-refractivity contribution in [2.24, 2.45) is 0 Å². The molecule has 0 radical (unpaired) electrons. The highest BCUT2D eigenvalue weighted by Crippen LogP contribution is 2.28. The summed E-state index contributed by atoms with van der Waals surface area (Å²) in [5, 5.41) is 2.96. The van der Waals surface area contributed by atoms with E-state index in [0.29, 0.717) is 37.5 Å². The van der Waals surface area contributed by atoms with Gasteiger partial charge in [-0.2, -0.15) is 0 Å². The van der Waals surface area contributed by atoms with Gasteiger partial charge in [-0.05, 0) is 47.4 Å². The van der Waals surface area contributed by atoms with Gasteiger partial charge in [0.15, 0.2) is 11.5 Å². The Morgan fingerprint density at radius 1 is 0.868 bits per heavy atom. The number of benzene rings is 3. The molecule has 3 aromatic carbocycles. The van der Waals surface area contributed by atoms with Crippen molar-refractivity contribution in [1.29, 1.82) is 0 Å². The van der Waals surface area contributed by atoms with Crippen LogP contribution < -0.4 is 14.8 Å². The molecular formula is C30H35FN2O5. The molecular weight excluding hydrogens is 487 g/mol. The molecule has 3 aromatic rings. The summed E-state index contributed by atoms with van der Waals surface area (Å²) < 4.78 is 29.4. The first-order valence-electron chi connectivity index (χ1n) is 12.5. The molecule has 8 heteroatoms. The lowest BCUT2D eigenvalue weighted by Crippen LogP contribution is -2.51. The molecule has 0 saturated heterocycles. The number of nitrogens with one attached hydrogen (secondary N) is 1. The van der Waals surface area contributed by atoms with Crippen LogP contribution in [0.1, 0.15) is 23.1 Å². The SMILES string of the molecule is COCCCNC(=O)C(Cc1ccccc1)N(Cc1ccc(F)cc1)C(=O)Cc1ccc(OC)c(OC)c1. The van der Waals surface area contributed by atoms with Crippen LogP contribution in [0.2, 0.25) is 0 Å². The number of methoxy groups -OCH3 is 3. The van der Waals surface area contributed by atoms with Gasteiger partial charge in [-0.3, -0.25) is 9.59 Å². The molecule has 3 rings (SSSR count). The standard InChI is InChI=1S/C30H35FN2O5/c1-36-17-7-16-32-30(35)26(18-22-8-5-4-6-9-22)33(21-23-10-13-25(31)14-11-23)29(34)20-24-12-15-27(37-2)28(19-24)38-3/h4-6,8-15,19,26H,7,16-18,20-21H2,1-3H3,(H,32,35). The molecule has 38 heavy (non-hydrogen) atoms. The average molecular weight is 523 g/mol. The number of carbonyl (C=O) groups excluding carboxylic acids is 2. The maximum Gasteiger partial charge on any atom is 0.243 e. The molecule has 0 saturated carbocycles. The average Bonchev–Trinajstić information content (AvgIpc) is 2.94. The highest BCUT2D eigenvalue weighted by molar-refractivity contribution is 5.88. The highest BCUT2D eigenvalue weighted by atomic mass is 19.1. The van der Waals surface area contributed by atoms with E-state index >= 15 is 0 Å². The number of hydrogen-bond donors (Lipinski definition) is 1. The van der Waals surface area contributed by atoms with Crippen LogP contribution in [0.15, 0.2) is 72.8 Å². The maximum atomic E-state index is 13.8. The fourth-order valence-electron chi connectivity index (χ4n) is 4.15. The molecule has 1 N–H and O–H groups in total. The monoisotopic (exact) mass is 522 g/mol. The van der Waals surface area contributed by atoms with E-state index < -0.39 is 6.04 Å². The van der Waals surface area contributed by atoms with E-state index in [1.165, 1.54) is 19.2 Å². The van der Waals surface area contributed by atoms with Crippen molar-refractivity contribution in [2.75, 3.05) is 34.5 Å². The molecule has 0 aliphatic rings. The van der Waals surface area contributed by atoms with Gasteiger partial charge < -0.3 is 24.4 Å². The molecule has 0 fully saturated rings. The van der Waals surface area contributed by atoms with Gasteiger partial charge in [0.25, 0.3) is 0 Å². The highest BCUT2D eigenvalue weighted by Gasteiger charge is 2.30. The second-order valence-corrected chi connectivity index (χ2v) is 8.86. The Bertz CT molecular complexity index is 1170. The van der Waals surface area contributed by atoms with Gasteiger partial charge in [-0.15, -0.1) is 0 Å². The number of nitrogens with zero attached hydrogens (tertiary/aromatic N) is 1. The number of rotatable bonds is 14. The van der Waals surface area contributed by atoms with Gasteiger partial charge >= 0.3 is 0 Å². The van der Waals surface area contributed by atoms with Gasteiger partial charge in [-0.1, -0.05) is 48.5 Å². The van der Waals surface area contributed by atoms with Crippen molar-refractivity contribution >= 4 is 11.8 Å². The molecule has 0 aromatic heterocycles. The van der Waals surface area contributed by atoms with Crippen LogP contribution in [-0.4, -0.2) is 57.2 Å². The molecule has 2 amide bonds. The molecule has 1 unspecified atom stereocenters. The largest absolute Gasteiger partial charge is 0.493 e. The van der Waals surface area contributed by atoms with Crippen LogP contribution in [0.25, 0.3) is 0 Å². The van der Waals surface area contributed by atoms with E-state index in [-0.39, 0.29) is 30.6 Å². The predicted molar refractivity (Wildman–Crippen MR) is 144 cm³/mol. The summed E-state index contributed by atoms with van der Waals surface area (Å²) in [7, 11) is 4.69. The van der Waals surface area contributed by atoms with E-state index in [1.54, 1.807) is 49.5 Å². The van der Waals surface area contributed by atoms with E-state index in [0.717, 1.165) is 16.7 Å². The molecule has 202 valence electrons. The minimum atomic E-state index is -0.780. The van der Waals surface area contributed by atoms with Crippen LogP contribution in [0.4, 0.5) is 4.39 Å². The van der Waals surface area contributed by atoms with Crippen molar-refractivity contribution in [3.05, 3.63) is 95.3 Å². The quantitative estimate of drug-likeness (QED) is 0.322. The third-order valence-corrected chi connectivity index (χ3v) is 6.17. The zero-order valence-corrected chi connectivity index (χ0v) is 22.1. The summed E-state index contributed by atoms with van der Waals surface area (Å²) in [4.78, 5) is 28.9. The summed E-state index contributed by atoms with van der Waals surface area (Å²) >= 11 is 0. The van der Waals surface area contributed by atoms with Crippen LogP contribution in [0.3, 0.4) is 0 Å². The zero-order valence-electron chi connectivity index (χ0n) is 22.1. The van der Waals surface area contributed by atoms with E-state index in [9.17, 15) is 14.0 Å². The van der Waals surface area contributed by atoms with E-state index in [4.69, 9.17) is 14.2 Å². The summed E-state index contributed by atoms with van der Waals surface area (Å²) in [6.45, 7) is 1.09.